The molecule has 0 bridgehead atoms. The second kappa shape index (κ2) is 7.37. The summed E-state index contributed by atoms with van der Waals surface area (Å²) >= 11 is 0. The summed E-state index contributed by atoms with van der Waals surface area (Å²) < 4.78 is 14.8. The van der Waals surface area contributed by atoms with Gasteiger partial charge in [0.1, 0.15) is 5.82 Å². The van der Waals surface area contributed by atoms with Crippen LogP contribution in [0.4, 0.5) is 10.1 Å². The molecule has 1 N–H and O–H groups in total. The number of halogens is 1. The third-order valence-electron chi connectivity index (χ3n) is 4.25. The molecule has 27 heavy (non-hydrogen) atoms. The zero-order chi connectivity index (χ0) is 18.6. The van der Waals surface area contributed by atoms with Gasteiger partial charge in [-0.05, 0) is 42.3 Å². The first-order valence-electron chi connectivity index (χ1n) is 8.62. The minimum atomic E-state index is -0.273. The Morgan fingerprint density at radius 3 is 2.59 bits per heavy atom. The van der Waals surface area contributed by atoms with Gasteiger partial charge in [0, 0.05) is 36.3 Å². The van der Waals surface area contributed by atoms with E-state index in [0.717, 1.165) is 22.5 Å². The van der Waals surface area contributed by atoms with Gasteiger partial charge >= 0.3 is 0 Å². The number of hydrogen-bond donors (Lipinski definition) is 1. The number of fused-ring (bicyclic) bond motifs is 1. The lowest BCUT2D eigenvalue weighted by Gasteiger charge is -2.06. The normalized spacial score (nSPS) is 10.9. The Bertz CT molecular complexity index is 1040. The molecule has 0 aliphatic rings. The van der Waals surface area contributed by atoms with Crippen molar-refractivity contribution in [1.29, 1.82) is 0 Å². The van der Waals surface area contributed by atoms with Crippen LogP contribution in [0, 0.1) is 5.82 Å². The molecule has 2 heterocycles. The van der Waals surface area contributed by atoms with E-state index in [9.17, 15) is 9.18 Å². The highest BCUT2D eigenvalue weighted by molar-refractivity contribution is 5.91. The Labute approximate surface area is 155 Å². The molecule has 0 unspecified atom stereocenters. The molecule has 0 radical (unpaired) electrons. The number of anilines is 1. The molecule has 2 aromatic heterocycles. The molecule has 0 fully saturated rings. The molecular formula is C21H17FN4O. The molecule has 0 aliphatic heterocycles. The monoisotopic (exact) mass is 360 g/mol. The SMILES string of the molecule is O=C(CCc1ccc(F)cc1)Nc1ccc(-c2cn3cccnc3n2)cc1. The van der Waals surface area contributed by atoms with E-state index in [0.29, 0.717) is 18.6 Å². The third kappa shape index (κ3) is 4.00. The van der Waals surface area contributed by atoms with Crippen LogP contribution in [-0.2, 0) is 11.2 Å². The highest BCUT2D eigenvalue weighted by atomic mass is 19.1. The molecule has 0 saturated heterocycles. The van der Waals surface area contributed by atoms with Gasteiger partial charge in [-0.3, -0.25) is 9.20 Å². The highest BCUT2D eigenvalue weighted by Crippen LogP contribution is 2.21. The van der Waals surface area contributed by atoms with Crippen molar-refractivity contribution in [2.75, 3.05) is 5.32 Å². The van der Waals surface area contributed by atoms with Crippen molar-refractivity contribution in [2.45, 2.75) is 12.8 Å². The molecule has 4 aromatic rings. The third-order valence-corrected chi connectivity index (χ3v) is 4.25. The smallest absolute Gasteiger partial charge is 0.234 e. The van der Waals surface area contributed by atoms with Crippen LogP contribution in [0.1, 0.15) is 12.0 Å². The molecule has 0 saturated carbocycles. The summed E-state index contributed by atoms with van der Waals surface area (Å²) in [4.78, 5) is 20.8. The number of hydrogen-bond acceptors (Lipinski definition) is 3. The standard InChI is InChI=1S/C21H17FN4O/c22-17-7-2-15(3-8-17)4-11-20(27)24-18-9-5-16(6-10-18)19-14-26-13-1-12-23-21(26)25-19/h1-3,5-10,12-14H,4,11H2,(H,24,27). The predicted molar refractivity (Wildman–Crippen MR) is 102 cm³/mol. The topological polar surface area (TPSA) is 59.3 Å². The second-order valence-electron chi connectivity index (χ2n) is 6.21. The fraction of sp³-hybridized carbons (Fsp3) is 0.0952. The minimum absolute atomic E-state index is 0.0796. The van der Waals surface area contributed by atoms with E-state index in [1.54, 1.807) is 18.3 Å². The molecule has 4 rings (SSSR count). The molecule has 134 valence electrons. The van der Waals surface area contributed by atoms with Crippen LogP contribution in [0.3, 0.4) is 0 Å². The zero-order valence-electron chi connectivity index (χ0n) is 14.5. The fourth-order valence-corrected chi connectivity index (χ4v) is 2.83. The molecule has 2 aromatic carbocycles. The van der Waals surface area contributed by atoms with E-state index >= 15 is 0 Å². The summed E-state index contributed by atoms with van der Waals surface area (Å²) in [6.45, 7) is 0. The van der Waals surface area contributed by atoms with Crippen molar-refractivity contribution in [3.8, 4) is 11.3 Å². The number of carbonyl (C=O) groups is 1. The first-order chi connectivity index (χ1) is 13.2. The number of imidazole rings is 1. The van der Waals surface area contributed by atoms with Crippen molar-refractivity contribution in [1.82, 2.24) is 14.4 Å². The van der Waals surface area contributed by atoms with Crippen molar-refractivity contribution in [3.63, 3.8) is 0 Å². The van der Waals surface area contributed by atoms with Crippen molar-refractivity contribution in [2.24, 2.45) is 0 Å². The number of aryl methyl sites for hydroxylation is 1. The Morgan fingerprint density at radius 1 is 1.07 bits per heavy atom. The lowest BCUT2D eigenvalue weighted by molar-refractivity contribution is -0.116. The van der Waals surface area contributed by atoms with E-state index in [-0.39, 0.29) is 11.7 Å². The van der Waals surface area contributed by atoms with E-state index in [4.69, 9.17) is 0 Å². The van der Waals surface area contributed by atoms with Gasteiger partial charge in [-0.2, -0.15) is 0 Å². The lowest BCUT2D eigenvalue weighted by atomic mass is 10.1. The molecule has 0 aliphatic carbocycles. The van der Waals surface area contributed by atoms with E-state index < -0.39 is 0 Å². The van der Waals surface area contributed by atoms with Gasteiger partial charge in [-0.25, -0.2) is 14.4 Å². The molecule has 0 spiro atoms. The van der Waals surface area contributed by atoms with Crippen LogP contribution < -0.4 is 5.32 Å². The first kappa shape index (κ1) is 16.9. The van der Waals surface area contributed by atoms with E-state index in [2.05, 4.69) is 15.3 Å². The largest absolute Gasteiger partial charge is 0.326 e. The van der Waals surface area contributed by atoms with Crippen molar-refractivity contribution in [3.05, 3.63) is 84.6 Å². The van der Waals surface area contributed by atoms with Crippen LogP contribution in [0.2, 0.25) is 0 Å². The van der Waals surface area contributed by atoms with Crippen LogP contribution in [0.15, 0.2) is 73.2 Å². The summed E-state index contributed by atoms with van der Waals surface area (Å²) in [6, 6.07) is 15.6. The van der Waals surface area contributed by atoms with Gasteiger partial charge in [0.05, 0.1) is 5.69 Å². The van der Waals surface area contributed by atoms with Crippen molar-refractivity contribution >= 4 is 17.4 Å². The average Bonchev–Trinajstić information content (AvgIpc) is 3.12. The molecule has 5 nitrogen and oxygen atoms in total. The maximum Gasteiger partial charge on any atom is 0.234 e. The van der Waals surface area contributed by atoms with Crippen LogP contribution in [0.25, 0.3) is 17.0 Å². The second-order valence-corrected chi connectivity index (χ2v) is 6.21. The Balaban J connectivity index is 1.38. The lowest BCUT2D eigenvalue weighted by Crippen LogP contribution is -2.12. The van der Waals surface area contributed by atoms with Gasteiger partial charge in [-0.15, -0.1) is 0 Å². The Hall–Kier alpha value is -3.54. The number of aromatic nitrogens is 3. The average molecular weight is 360 g/mol. The summed E-state index contributed by atoms with van der Waals surface area (Å²) in [7, 11) is 0. The van der Waals surface area contributed by atoms with E-state index in [1.807, 2.05) is 47.1 Å². The number of benzene rings is 2. The van der Waals surface area contributed by atoms with Gasteiger partial charge in [0.25, 0.3) is 0 Å². The maximum atomic E-state index is 12.9. The van der Waals surface area contributed by atoms with Crippen LogP contribution >= 0.6 is 0 Å². The van der Waals surface area contributed by atoms with Gasteiger partial charge < -0.3 is 5.32 Å². The minimum Gasteiger partial charge on any atom is -0.326 e. The summed E-state index contributed by atoms with van der Waals surface area (Å²) in [5.74, 6) is 0.291. The Morgan fingerprint density at radius 2 is 1.85 bits per heavy atom. The molecular weight excluding hydrogens is 343 g/mol. The van der Waals surface area contributed by atoms with Crippen molar-refractivity contribution < 1.29 is 9.18 Å². The molecule has 0 atom stereocenters. The highest BCUT2D eigenvalue weighted by Gasteiger charge is 2.07. The summed E-state index contributed by atoms with van der Waals surface area (Å²) in [5.41, 5.74) is 3.43. The number of nitrogens with one attached hydrogen (secondary N) is 1. The van der Waals surface area contributed by atoms with E-state index in [1.165, 1.54) is 12.1 Å². The molecule has 1 amide bonds. The molecule has 6 heteroatoms. The van der Waals surface area contributed by atoms with Gasteiger partial charge in [0.15, 0.2) is 0 Å². The first-order valence-corrected chi connectivity index (χ1v) is 8.62. The van der Waals surface area contributed by atoms with Crippen LogP contribution in [0.5, 0.6) is 0 Å². The number of amides is 1. The van der Waals surface area contributed by atoms with Gasteiger partial charge in [-0.1, -0.05) is 24.3 Å². The Kier molecular flexibility index (Phi) is 4.61. The fourth-order valence-electron chi connectivity index (χ4n) is 2.83. The van der Waals surface area contributed by atoms with Gasteiger partial charge in [0.2, 0.25) is 11.7 Å². The summed E-state index contributed by atoms with van der Waals surface area (Å²) in [5, 5.41) is 2.88. The summed E-state index contributed by atoms with van der Waals surface area (Å²) in [6.07, 6.45) is 6.42. The van der Waals surface area contributed by atoms with Crippen LogP contribution in [-0.4, -0.2) is 20.3 Å². The number of carbonyl (C=O) groups excluding carboxylic acids is 1. The predicted octanol–water partition coefficient (Wildman–Crippen LogP) is 4.11. The quantitative estimate of drug-likeness (QED) is 0.583. The maximum absolute atomic E-state index is 12.9. The number of nitrogens with zero attached hydrogens (tertiary/aromatic N) is 3. The number of rotatable bonds is 5. The zero-order valence-corrected chi connectivity index (χ0v) is 14.5.